The normalized spacial score (nSPS) is 15.0. The van der Waals surface area contributed by atoms with E-state index >= 15 is 0 Å². The van der Waals surface area contributed by atoms with Crippen LogP contribution < -0.4 is 11.1 Å². The summed E-state index contributed by atoms with van der Waals surface area (Å²) in [5.74, 6) is 0. The highest BCUT2D eigenvalue weighted by Gasteiger charge is 2.14. The monoisotopic (exact) mass is 306 g/mol. The summed E-state index contributed by atoms with van der Waals surface area (Å²) in [6.07, 6.45) is 1.80. The lowest BCUT2D eigenvalue weighted by Gasteiger charge is -2.21. The van der Waals surface area contributed by atoms with Gasteiger partial charge in [0.05, 0.1) is 6.04 Å². The van der Waals surface area contributed by atoms with Gasteiger partial charge in [0.15, 0.2) is 0 Å². The van der Waals surface area contributed by atoms with Gasteiger partial charge in [-0.05, 0) is 41.8 Å². The molecule has 0 aliphatic carbocycles. The van der Waals surface area contributed by atoms with E-state index in [1.807, 2.05) is 0 Å². The molecule has 0 fully saturated rings. The van der Waals surface area contributed by atoms with E-state index in [0.717, 1.165) is 17.3 Å². The summed E-state index contributed by atoms with van der Waals surface area (Å²) in [6.45, 7) is 2.97. The van der Waals surface area contributed by atoms with E-state index in [9.17, 15) is 0 Å². The Kier molecular flexibility index (Phi) is 6.53. The van der Waals surface area contributed by atoms with Gasteiger partial charge in [-0.25, -0.2) is 0 Å². The number of aliphatic hydroxyl groups excluding tert-OH is 1. The van der Waals surface area contributed by atoms with Crippen LogP contribution >= 0.6 is 27.3 Å². The Morgan fingerprint density at radius 2 is 2.38 bits per heavy atom. The van der Waals surface area contributed by atoms with Gasteiger partial charge in [0, 0.05) is 33.9 Å². The maximum Gasteiger partial charge on any atom is 0.0541 e. The lowest BCUT2D eigenvalue weighted by molar-refractivity contribution is 0.274. The number of nitrogens with two attached hydrogens (primary N) is 1. The van der Waals surface area contributed by atoms with Crippen LogP contribution in [0.4, 0.5) is 0 Å². The van der Waals surface area contributed by atoms with Crippen LogP contribution in [0.25, 0.3) is 0 Å². The zero-order chi connectivity index (χ0) is 12.0. The fourth-order valence-corrected chi connectivity index (χ4v) is 3.12. The van der Waals surface area contributed by atoms with Crippen LogP contribution in [0.15, 0.2) is 15.9 Å². The van der Waals surface area contributed by atoms with Crippen molar-refractivity contribution in [3.05, 3.63) is 20.8 Å². The Balaban J connectivity index is 2.48. The summed E-state index contributed by atoms with van der Waals surface area (Å²) in [6, 6.07) is 2.69. The average Bonchev–Trinajstić information content (AvgIpc) is 2.69. The largest absolute Gasteiger partial charge is 0.396 e. The first-order valence-corrected chi connectivity index (χ1v) is 7.15. The molecule has 2 unspecified atom stereocenters. The molecule has 5 heteroatoms. The molecule has 4 N–H and O–H groups in total. The summed E-state index contributed by atoms with van der Waals surface area (Å²) in [5, 5.41) is 14.3. The van der Waals surface area contributed by atoms with Gasteiger partial charge in [-0.1, -0.05) is 0 Å². The molecule has 0 saturated carbocycles. The predicted octanol–water partition coefficient (Wildman–Crippen LogP) is 2.26. The molecular weight excluding hydrogens is 288 g/mol. The van der Waals surface area contributed by atoms with Crippen molar-refractivity contribution in [2.75, 3.05) is 13.2 Å². The lowest BCUT2D eigenvalue weighted by Crippen LogP contribution is -2.34. The predicted molar refractivity (Wildman–Crippen MR) is 72.7 cm³/mol. The van der Waals surface area contributed by atoms with Crippen molar-refractivity contribution in [3.8, 4) is 0 Å². The third kappa shape index (κ3) is 4.51. The minimum Gasteiger partial charge on any atom is -0.396 e. The number of rotatable bonds is 7. The van der Waals surface area contributed by atoms with E-state index in [-0.39, 0.29) is 12.6 Å². The zero-order valence-electron chi connectivity index (χ0n) is 9.45. The Bertz CT molecular complexity index is 306. The first-order chi connectivity index (χ1) is 7.67. The number of nitrogens with one attached hydrogen (secondary N) is 1. The Labute approximate surface area is 109 Å². The van der Waals surface area contributed by atoms with Crippen molar-refractivity contribution in [1.82, 2.24) is 5.32 Å². The van der Waals surface area contributed by atoms with E-state index in [1.54, 1.807) is 11.3 Å². The van der Waals surface area contributed by atoms with Crippen LogP contribution in [-0.2, 0) is 0 Å². The minimum absolute atomic E-state index is 0.213. The molecule has 0 amide bonds. The van der Waals surface area contributed by atoms with Crippen molar-refractivity contribution >= 4 is 27.3 Å². The first-order valence-electron chi connectivity index (χ1n) is 5.48. The van der Waals surface area contributed by atoms with Crippen molar-refractivity contribution in [1.29, 1.82) is 0 Å². The summed E-state index contributed by atoms with van der Waals surface area (Å²) in [5.41, 5.74) is 5.77. The second kappa shape index (κ2) is 7.40. The molecule has 0 aliphatic rings. The molecule has 16 heavy (non-hydrogen) atoms. The van der Waals surface area contributed by atoms with Gasteiger partial charge in [0.1, 0.15) is 0 Å². The second-order valence-corrected chi connectivity index (χ2v) is 5.75. The van der Waals surface area contributed by atoms with E-state index in [1.165, 1.54) is 4.88 Å². The molecule has 0 saturated heterocycles. The summed E-state index contributed by atoms with van der Waals surface area (Å²) >= 11 is 5.16. The second-order valence-electron chi connectivity index (χ2n) is 3.89. The van der Waals surface area contributed by atoms with Gasteiger partial charge in [0.25, 0.3) is 0 Å². The van der Waals surface area contributed by atoms with E-state index in [2.05, 4.69) is 39.6 Å². The lowest BCUT2D eigenvalue weighted by atomic mass is 10.1. The fraction of sp³-hybridized carbons (Fsp3) is 0.636. The summed E-state index contributed by atoms with van der Waals surface area (Å²) in [4.78, 5) is 1.25. The van der Waals surface area contributed by atoms with E-state index < -0.39 is 0 Å². The van der Waals surface area contributed by atoms with Gasteiger partial charge in [-0.2, -0.15) is 0 Å². The van der Waals surface area contributed by atoms with Crippen LogP contribution in [0.3, 0.4) is 0 Å². The number of thiophene rings is 1. The van der Waals surface area contributed by atoms with Crippen LogP contribution in [0, 0.1) is 0 Å². The smallest absolute Gasteiger partial charge is 0.0541 e. The fourth-order valence-electron chi connectivity index (χ4n) is 1.60. The van der Waals surface area contributed by atoms with E-state index in [0.29, 0.717) is 12.6 Å². The first kappa shape index (κ1) is 14.1. The SMILES string of the molecule is CC(CCCO)NC(CN)c1cc(Br)cs1. The maximum absolute atomic E-state index is 8.77. The molecule has 3 nitrogen and oxygen atoms in total. The topological polar surface area (TPSA) is 58.3 Å². The van der Waals surface area contributed by atoms with Crippen molar-refractivity contribution < 1.29 is 5.11 Å². The van der Waals surface area contributed by atoms with Gasteiger partial charge < -0.3 is 16.2 Å². The van der Waals surface area contributed by atoms with Crippen molar-refractivity contribution in [2.45, 2.75) is 31.8 Å². The summed E-state index contributed by atoms with van der Waals surface area (Å²) in [7, 11) is 0. The van der Waals surface area contributed by atoms with Gasteiger partial charge in [-0.3, -0.25) is 0 Å². The summed E-state index contributed by atoms with van der Waals surface area (Å²) < 4.78 is 1.11. The number of halogens is 1. The van der Waals surface area contributed by atoms with Crippen molar-refractivity contribution in [2.24, 2.45) is 5.73 Å². The molecule has 1 rings (SSSR count). The Hall–Kier alpha value is 0.0600. The Morgan fingerprint density at radius 3 is 2.88 bits per heavy atom. The van der Waals surface area contributed by atoms with Crippen molar-refractivity contribution in [3.63, 3.8) is 0 Å². The van der Waals surface area contributed by atoms with Crippen LogP contribution in [0.2, 0.25) is 0 Å². The highest BCUT2D eigenvalue weighted by molar-refractivity contribution is 9.10. The third-order valence-electron chi connectivity index (χ3n) is 2.45. The van der Waals surface area contributed by atoms with Crippen LogP contribution in [0.5, 0.6) is 0 Å². The average molecular weight is 307 g/mol. The molecule has 1 aromatic rings. The van der Waals surface area contributed by atoms with Crippen LogP contribution in [-0.4, -0.2) is 24.3 Å². The molecular formula is C11H19BrN2OS. The van der Waals surface area contributed by atoms with E-state index in [4.69, 9.17) is 10.8 Å². The highest BCUT2D eigenvalue weighted by atomic mass is 79.9. The number of hydrogen-bond donors (Lipinski definition) is 3. The molecule has 0 bridgehead atoms. The number of hydrogen-bond acceptors (Lipinski definition) is 4. The van der Waals surface area contributed by atoms with Gasteiger partial charge in [0.2, 0.25) is 0 Å². The molecule has 0 aliphatic heterocycles. The quantitative estimate of drug-likeness (QED) is 0.724. The molecule has 1 aromatic heterocycles. The third-order valence-corrected chi connectivity index (χ3v) is 4.26. The maximum atomic E-state index is 8.77. The van der Waals surface area contributed by atoms with Crippen LogP contribution in [0.1, 0.15) is 30.7 Å². The zero-order valence-corrected chi connectivity index (χ0v) is 11.9. The molecule has 0 spiro atoms. The molecule has 0 aromatic carbocycles. The highest BCUT2D eigenvalue weighted by Crippen LogP contribution is 2.25. The van der Waals surface area contributed by atoms with Gasteiger partial charge in [-0.15, -0.1) is 11.3 Å². The Morgan fingerprint density at radius 1 is 1.62 bits per heavy atom. The standard InChI is InChI=1S/C11H19BrN2OS/c1-8(3-2-4-15)14-10(6-13)11-5-9(12)7-16-11/h5,7-8,10,14-15H,2-4,6,13H2,1H3. The van der Waals surface area contributed by atoms with Gasteiger partial charge >= 0.3 is 0 Å². The number of aliphatic hydroxyl groups is 1. The minimum atomic E-state index is 0.213. The molecule has 0 radical (unpaired) electrons. The molecule has 1 heterocycles. The molecule has 92 valence electrons. The molecule has 2 atom stereocenters.